The summed E-state index contributed by atoms with van der Waals surface area (Å²) < 4.78 is 5.72. The van der Waals surface area contributed by atoms with Gasteiger partial charge in [-0.3, -0.25) is 4.79 Å². The number of benzene rings is 3. The maximum atomic E-state index is 12.7. The van der Waals surface area contributed by atoms with Crippen molar-refractivity contribution in [3.63, 3.8) is 0 Å². The van der Waals surface area contributed by atoms with Gasteiger partial charge in [-0.25, -0.2) is 0 Å². The number of quaternary nitrogens is 1. The van der Waals surface area contributed by atoms with Gasteiger partial charge in [0.1, 0.15) is 11.6 Å². The molecule has 4 heteroatoms. The van der Waals surface area contributed by atoms with Gasteiger partial charge in [0.15, 0.2) is 0 Å². The van der Waals surface area contributed by atoms with Gasteiger partial charge in [-0.05, 0) is 22.4 Å². The smallest absolute Gasteiger partial charge is 0.224 e. The molecular formula is C25H27N2O2+. The van der Waals surface area contributed by atoms with Crippen LogP contribution in [0.15, 0.2) is 77.4 Å². The summed E-state index contributed by atoms with van der Waals surface area (Å²) in [5.74, 6) is 0.0277. The Kier molecular flexibility index (Phi) is 5.63. The van der Waals surface area contributed by atoms with Gasteiger partial charge >= 0.3 is 0 Å². The van der Waals surface area contributed by atoms with Crippen molar-refractivity contribution >= 4 is 27.6 Å². The molecule has 0 bridgehead atoms. The van der Waals surface area contributed by atoms with Crippen molar-refractivity contribution in [1.82, 2.24) is 5.32 Å². The molecule has 1 heterocycles. The highest BCUT2D eigenvalue weighted by Crippen LogP contribution is 2.30. The molecule has 0 saturated carbocycles. The van der Waals surface area contributed by atoms with Crippen LogP contribution in [0, 0.1) is 0 Å². The number of likely N-dealkylation sites (N-methyl/N-ethyl adjacent to an activating group) is 1. The molecule has 1 amide bonds. The monoisotopic (exact) mass is 387 g/mol. The van der Waals surface area contributed by atoms with E-state index in [1.807, 2.05) is 24.3 Å². The predicted molar refractivity (Wildman–Crippen MR) is 117 cm³/mol. The molecule has 4 nitrogen and oxygen atoms in total. The highest BCUT2D eigenvalue weighted by molar-refractivity contribution is 6.08. The number of hydrogen-bond donors (Lipinski definition) is 2. The first-order valence-electron chi connectivity index (χ1n) is 10.1. The van der Waals surface area contributed by atoms with Crippen LogP contribution >= 0.6 is 0 Å². The molecule has 4 aromatic rings. The number of amides is 1. The third kappa shape index (κ3) is 4.33. The minimum Gasteiger partial charge on any atom is -0.464 e. The van der Waals surface area contributed by atoms with Crippen LogP contribution in [0.5, 0.6) is 0 Å². The number of carbonyl (C=O) groups excluding carboxylic acids is 1. The molecule has 0 unspecified atom stereocenters. The van der Waals surface area contributed by atoms with Gasteiger partial charge in [0.05, 0.1) is 33.3 Å². The zero-order valence-corrected chi connectivity index (χ0v) is 16.9. The van der Waals surface area contributed by atoms with Gasteiger partial charge in [0.2, 0.25) is 5.91 Å². The second kappa shape index (κ2) is 8.50. The minimum absolute atomic E-state index is 0.0277. The average Bonchev–Trinajstić information content (AvgIpc) is 3.15. The third-order valence-corrected chi connectivity index (χ3v) is 5.58. The Labute approximate surface area is 171 Å². The minimum atomic E-state index is 0.0277. The molecule has 1 atom stereocenters. The molecule has 0 aliphatic carbocycles. The molecule has 4 rings (SSSR count). The molecule has 0 saturated heterocycles. The summed E-state index contributed by atoms with van der Waals surface area (Å²) in [5.41, 5.74) is 3.05. The normalized spacial score (nSPS) is 12.5. The largest absolute Gasteiger partial charge is 0.464 e. The number of nitrogens with one attached hydrogen (secondary N) is 2. The summed E-state index contributed by atoms with van der Waals surface area (Å²) in [6, 6.07) is 23.0. The van der Waals surface area contributed by atoms with E-state index in [1.165, 1.54) is 10.5 Å². The van der Waals surface area contributed by atoms with E-state index in [0.29, 0.717) is 19.0 Å². The van der Waals surface area contributed by atoms with Crippen LogP contribution in [0.2, 0.25) is 0 Å². The van der Waals surface area contributed by atoms with Gasteiger partial charge in [0, 0.05) is 17.4 Å². The molecule has 0 aliphatic rings. The molecule has 3 aromatic carbocycles. The second-order valence-corrected chi connectivity index (χ2v) is 7.87. The van der Waals surface area contributed by atoms with Crippen molar-refractivity contribution in [2.75, 3.05) is 20.6 Å². The van der Waals surface area contributed by atoms with E-state index < -0.39 is 0 Å². The van der Waals surface area contributed by atoms with Crippen LogP contribution < -0.4 is 10.2 Å². The van der Waals surface area contributed by atoms with E-state index in [9.17, 15) is 4.79 Å². The Morgan fingerprint density at radius 2 is 1.76 bits per heavy atom. The molecule has 2 N–H and O–H groups in total. The van der Waals surface area contributed by atoms with Gasteiger partial charge in [-0.15, -0.1) is 0 Å². The van der Waals surface area contributed by atoms with Crippen LogP contribution in [0.1, 0.15) is 11.1 Å². The van der Waals surface area contributed by atoms with Crippen molar-refractivity contribution in [3.05, 3.63) is 84.1 Å². The topological polar surface area (TPSA) is 46.7 Å². The van der Waals surface area contributed by atoms with E-state index in [1.54, 1.807) is 6.26 Å². The molecule has 0 radical (unpaired) electrons. The number of hydrogen-bond acceptors (Lipinski definition) is 2. The number of rotatable bonds is 7. The van der Waals surface area contributed by atoms with Crippen LogP contribution in [0.3, 0.4) is 0 Å². The lowest BCUT2D eigenvalue weighted by molar-refractivity contribution is -0.884. The van der Waals surface area contributed by atoms with E-state index in [0.717, 1.165) is 33.7 Å². The van der Waals surface area contributed by atoms with Crippen molar-refractivity contribution in [2.24, 2.45) is 0 Å². The lowest BCUT2D eigenvalue weighted by atomic mass is 10.0. The molecule has 148 valence electrons. The fraction of sp³-hybridized carbons (Fsp3) is 0.240. The Bertz CT molecular complexity index is 1120. The molecule has 1 aromatic heterocycles. The van der Waals surface area contributed by atoms with Gasteiger partial charge in [0.25, 0.3) is 0 Å². The van der Waals surface area contributed by atoms with Crippen molar-refractivity contribution in [1.29, 1.82) is 0 Å². The van der Waals surface area contributed by atoms with Gasteiger partial charge < -0.3 is 14.6 Å². The summed E-state index contributed by atoms with van der Waals surface area (Å²) >= 11 is 0. The fourth-order valence-electron chi connectivity index (χ4n) is 3.86. The van der Waals surface area contributed by atoms with E-state index in [4.69, 9.17) is 4.42 Å². The summed E-state index contributed by atoms with van der Waals surface area (Å²) in [7, 11) is 4.27. The number of carbonyl (C=O) groups is 1. The molecular weight excluding hydrogens is 360 g/mol. The number of fused-ring (bicyclic) bond motifs is 3. The summed E-state index contributed by atoms with van der Waals surface area (Å²) in [6.07, 6.45) is 2.97. The Balaban J connectivity index is 1.46. The predicted octanol–water partition coefficient (Wildman–Crippen LogP) is 3.00. The Morgan fingerprint density at radius 3 is 2.55 bits per heavy atom. The first-order chi connectivity index (χ1) is 14.1. The Morgan fingerprint density at radius 1 is 1.00 bits per heavy atom. The van der Waals surface area contributed by atoms with E-state index >= 15 is 0 Å². The van der Waals surface area contributed by atoms with Crippen molar-refractivity contribution in [3.8, 4) is 0 Å². The molecule has 0 spiro atoms. The van der Waals surface area contributed by atoms with Gasteiger partial charge in [-0.2, -0.15) is 0 Å². The van der Waals surface area contributed by atoms with Gasteiger partial charge in [-0.1, -0.05) is 60.7 Å². The first-order valence-corrected chi connectivity index (χ1v) is 10.1. The summed E-state index contributed by atoms with van der Waals surface area (Å²) in [5, 5.41) is 6.45. The van der Waals surface area contributed by atoms with Crippen molar-refractivity contribution in [2.45, 2.75) is 18.9 Å². The first kappa shape index (κ1) is 19.2. The lowest BCUT2D eigenvalue weighted by Crippen LogP contribution is -3.11. The van der Waals surface area contributed by atoms with Crippen molar-refractivity contribution < 1.29 is 14.1 Å². The fourth-order valence-corrected chi connectivity index (χ4v) is 3.86. The molecule has 29 heavy (non-hydrogen) atoms. The zero-order chi connectivity index (χ0) is 20.2. The SMILES string of the molecule is C[NH+](C)[C@H](CNC(=O)Cc1coc2ccc3ccccc3c12)Cc1ccccc1. The molecule has 0 fully saturated rings. The lowest BCUT2D eigenvalue weighted by Gasteiger charge is -2.22. The highest BCUT2D eigenvalue weighted by atomic mass is 16.3. The average molecular weight is 388 g/mol. The Hall–Kier alpha value is -3.11. The zero-order valence-electron chi connectivity index (χ0n) is 16.9. The summed E-state index contributed by atoms with van der Waals surface area (Å²) in [6.45, 7) is 0.645. The quantitative estimate of drug-likeness (QED) is 0.512. The van der Waals surface area contributed by atoms with E-state index in [-0.39, 0.29) is 5.91 Å². The maximum Gasteiger partial charge on any atom is 0.224 e. The highest BCUT2D eigenvalue weighted by Gasteiger charge is 2.18. The van der Waals surface area contributed by atoms with E-state index in [2.05, 4.69) is 61.9 Å². The van der Waals surface area contributed by atoms with Crippen LogP contribution in [0.4, 0.5) is 0 Å². The maximum absolute atomic E-state index is 12.7. The van der Waals surface area contributed by atoms with Crippen LogP contribution in [0.25, 0.3) is 21.7 Å². The van der Waals surface area contributed by atoms with Crippen LogP contribution in [-0.4, -0.2) is 32.6 Å². The number of furan rings is 1. The second-order valence-electron chi connectivity index (χ2n) is 7.87. The van der Waals surface area contributed by atoms with Crippen LogP contribution in [-0.2, 0) is 17.6 Å². The summed E-state index contributed by atoms with van der Waals surface area (Å²) in [4.78, 5) is 14.0. The molecule has 0 aliphatic heterocycles. The standard InChI is InChI=1S/C25H26N2O2/c1-27(2)21(14-18-8-4-3-5-9-18)16-26-24(28)15-20-17-29-23-13-12-19-10-6-7-11-22(19)25(20)23/h3-13,17,21H,14-16H2,1-2H3,(H,26,28)/p+1/t21-/m0/s1. The third-order valence-electron chi connectivity index (χ3n) is 5.58.